The average molecular weight is 563 g/mol. The van der Waals surface area contributed by atoms with E-state index in [1.165, 1.54) is 16.7 Å². The summed E-state index contributed by atoms with van der Waals surface area (Å²) in [5, 5.41) is 14.8. The topological polar surface area (TPSA) is 72.4 Å². The van der Waals surface area contributed by atoms with Gasteiger partial charge in [-0.1, -0.05) is 12.1 Å². The lowest BCUT2D eigenvalue weighted by molar-refractivity contribution is 0.227. The Labute approximate surface area is 245 Å². The van der Waals surface area contributed by atoms with Crippen LogP contribution in [0.5, 0.6) is 40.2 Å². The van der Waals surface area contributed by atoms with Crippen LogP contribution in [0, 0.1) is 0 Å². The molecule has 0 saturated carbocycles. The number of nitrogens with one attached hydrogen (secondary N) is 1. The maximum Gasteiger partial charge on any atom is 0.212 e. The van der Waals surface area contributed by atoms with E-state index in [4.69, 9.17) is 18.9 Å². The Kier molecular flexibility index (Phi) is 5.88. The molecule has 0 aliphatic carbocycles. The highest BCUT2D eigenvalue weighted by Crippen LogP contribution is 2.56. The zero-order chi connectivity index (χ0) is 28.5. The summed E-state index contributed by atoms with van der Waals surface area (Å²) < 4.78 is 25.1. The molecule has 2 N–H and O–H groups in total. The molecule has 0 unspecified atom stereocenters. The van der Waals surface area contributed by atoms with Gasteiger partial charge in [0.05, 0.1) is 14.2 Å². The van der Waals surface area contributed by atoms with Gasteiger partial charge in [0, 0.05) is 35.3 Å². The molecule has 4 heterocycles. The predicted octanol–water partition coefficient (Wildman–Crippen LogP) is 6.49. The number of phenols is 1. The first-order valence-electron chi connectivity index (χ1n) is 14.7. The van der Waals surface area contributed by atoms with Crippen LogP contribution in [-0.4, -0.2) is 44.4 Å². The molecule has 0 spiro atoms. The number of likely N-dealkylation sites (N-methyl/N-ethyl adjacent to an activating group) is 1. The zero-order valence-corrected chi connectivity index (χ0v) is 24.1. The number of ether oxygens (including phenoxy) is 4. The first-order valence-corrected chi connectivity index (χ1v) is 14.7. The lowest BCUT2D eigenvalue weighted by atomic mass is 9.86. The molecule has 0 amide bonds. The lowest BCUT2D eigenvalue weighted by Gasteiger charge is -2.37. The molecule has 0 radical (unpaired) electrons. The highest BCUT2D eigenvalue weighted by Gasteiger charge is 2.35. The van der Waals surface area contributed by atoms with E-state index in [1.54, 1.807) is 14.2 Å². The Morgan fingerprint density at radius 3 is 2.43 bits per heavy atom. The van der Waals surface area contributed by atoms with Gasteiger partial charge in [-0.3, -0.25) is 4.90 Å². The van der Waals surface area contributed by atoms with Crippen LogP contribution in [0.15, 0.2) is 54.6 Å². The van der Waals surface area contributed by atoms with Crippen LogP contribution in [0.3, 0.4) is 0 Å². The number of phenolic OH excluding ortho intramolecular Hbond substituents is 1. The van der Waals surface area contributed by atoms with Gasteiger partial charge in [-0.2, -0.15) is 0 Å². The van der Waals surface area contributed by atoms with Crippen LogP contribution >= 0.6 is 0 Å². The largest absolute Gasteiger partial charge is 0.507 e. The first kappa shape index (κ1) is 25.5. The van der Waals surface area contributed by atoms with Crippen molar-refractivity contribution in [1.29, 1.82) is 0 Å². The Hall–Kier alpha value is -4.20. The van der Waals surface area contributed by atoms with Crippen molar-refractivity contribution in [2.24, 2.45) is 0 Å². The van der Waals surface area contributed by atoms with Gasteiger partial charge in [0.2, 0.25) is 5.75 Å². The summed E-state index contributed by atoms with van der Waals surface area (Å²) in [6.45, 7) is 1.79. The van der Waals surface area contributed by atoms with E-state index in [9.17, 15) is 5.11 Å². The number of methoxy groups -OCH3 is 2. The molecular formula is C35H34N2O5. The van der Waals surface area contributed by atoms with Gasteiger partial charge >= 0.3 is 0 Å². The number of aromatic hydroxyl groups is 1. The minimum Gasteiger partial charge on any atom is -0.507 e. The SMILES string of the molecule is COc1ccc2cc1-c1cc(ccc1O)C[C@H]1c3cc4c(cc3CCN1C)Oc1c(OC)cc3c(c1O4)[C@@H](C2)NCC3. The van der Waals surface area contributed by atoms with Crippen molar-refractivity contribution in [2.75, 3.05) is 34.4 Å². The quantitative estimate of drug-likeness (QED) is 0.255. The Balaban J connectivity index is 1.39. The summed E-state index contributed by atoms with van der Waals surface area (Å²) in [7, 11) is 5.55. The van der Waals surface area contributed by atoms with Crippen LogP contribution in [0.1, 0.15) is 45.5 Å². The van der Waals surface area contributed by atoms with Crippen LogP contribution in [0.4, 0.5) is 0 Å². The first-order chi connectivity index (χ1) is 20.5. The van der Waals surface area contributed by atoms with Crippen molar-refractivity contribution in [2.45, 2.75) is 37.8 Å². The van der Waals surface area contributed by atoms with Gasteiger partial charge in [0.1, 0.15) is 11.5 Å². The number of rotatable bonds is 2. The molecule has 8 rings (SSSR count). The molecule has 7 nitrogen and oxygen atoms in total. The molecule has 0 fully saturated rings. The number of hydrogen-bond donors (Lipinski definition) is 2. The normalized spacial score (nSPS) is 20.0. The highest BCUT2D eigenvalue weighted by molar-refractivity contribution is 5.77. The van der Waals surface area contributed by atoms with Crippen LogP contribution < -0.4 is 24.3 Å². The smallest absolute Gasteiger partial charge is 0.212 e. The molecule has 4 aromatic carbocycles. The van der Waals surface area contributed by atoms with E-state index < -0.39 is 0 Å². The average Bonchev–Trinajstić information content (AvgIpc) is 3.00. The van der Waals surface area contributed by atoms with Crippen LogP contribution in [-0.2, 0) is 25.7 Å². The summed E-state index contributed by atoms with van der Waals surface area (Å²) in [6.07, 6.45) is 3.34. The molecule has 0 saturated heterocycles. The van der Waals surface area contributed by atoms with E-state index in [0.717, 1.165) is 89.6 Å². The van der Waals surface area contributed by atoms with Gasteiger partial charge in [-0.15, -0.1) is 0 Å². The molecule has 42 heavy (non-hydrogen) atoms. The number of benzene rings is 4. The number of fused-ring (bicyclic) bond motifs is 5. The highest BCUT2D eigenvalue weighted by atomic mass is 16.6. The molecule has 7 bridgehead atoms. The third-order valence-corrected chi connectivity index (χ3v) is 9.42. The Morgan fingerprint density at radius 1 is 0.810 bits per heavy atom. The molecule has 214 valence electrons. The minimum absolute atomic E-state index is 0.00384. The van der Waals surface area contributed by atoms with E-state index in [0.29, 0.717) is 11.5 Å². The van der Waals surface area contributed by atoms with Crippen LogP contribution in [0.2, 0.25) is 0 Å². The van der Waals surface area contributed by atoms with E-state index in [-0.39, 0.29) is 17.8 Å². The van der Waals surface area contributed by atoms with E-state index >= 15 is 0 Å². The fourth-order valence-electron chi connectivity index (χ4n) is 7.23. The second-order valence-electron chi connectivity index (χ2n) is 11.8. The summed E-state index contributed by atoms with van der Waals surface area (Å²) in [5.74, 6) is 4.53. The van der Waals surface area contributed by atoms with E-state index in [2.05, 4.69) is 53.7 Å². The van der Waals surface area contributed by atoms with E-state index in [1.807, 2.05) is 18.2 Å². The molecule has 7 heteroatoms. The molecule has 4 aliphatic rings. The lowest BCUT2D eigenvalue weighted by Crippen LogP contribution is -2.33. The fraction of sp³-hybridized carbons (Fsp3) is 0.314. The maximum absolute atomic E-state index is 11.1. The fourth-order valence-corrected chi connectivity index (χ4v) is 7.23. The van der Waals surface area contributed by atoms with Crippen molar-refractivity contribution in [3.05, 3.63) is 88.0 Å². The van der Waals surface area contributed by atoms with Gasteiger partial charge in [0.15, 0.2) is 23.0 Å². The third-order valence-electron chi connectivity index (χ3n) is 9.42. The number of nitrogens with zero attached hydrogens (tertiary/aromatic N) is 1. The van der Waals surface area contributed by atoms with Crippen molar-refractivity contribution >= 4 is 0 Å². The third kappa shape index (κ3) is 3.95. The second-order valence-corrected chi connectivity index (χ2v) is 11.8. The Morgan fingerprint density at radius 2 is 1.57 bits per heavy atom. The van der Waals surface area contributed by atoms with Crippen molar-refractivity contribution in [3.8, 4) is 51.4 Å². The Bertz CT molecular complexity index is 1750. The van der Waals surface area contributed by atoms with Crippen LogP contribution in [0.25, 0.3) is 11.1 Å². The molecular weight excluding hydrogens is 528 g/mol. The number of hydrogen-bond acceptors (Lipinski definition) is 7. The van der Waals surface area contributed by atoms with Crippen molar-refractivity contribution in [1.82, 2.24) is 10.2 Å². The van der Waals surface area contributed by atoms with Crippen molar-refractivity contribution < 1.29 is 24.1 Å². The minimum atomic E-state index is 0.00384. The van der Waals surface area contributed by atoms with Crippen molar-refractivity contribution in [3.63, 3.8) is 0 Å². The van der Waals surface area contributed by atoms with Gasteiger partial charge in [0.25, 0.3) is 0 Å². The second kappa shape index (κ2) is 9.68. The summed E-state index contributed by atoms with van der Waals surface area (Å²) in [5.41, 5.74) is 8.80. The summed E-state index contributed by atoms with van der Waals surface area (Å²) in [6, 6.07) is 18.8. The standard InChI is InChI=1S/C35H34N2O5/c1-37-11-9-21-16-30-31-18-23(21)27(37)15-20-4-6-28(38)24(12-20)25-13-19(5-7-29(25)39-2)14-26-33-22(8-10-36-26)17-32(40-3)34(41-30)35(33)42-31/h4-7,12-13,16-18,26-27,36,38H,8-11,14-15H2,1-3H3/t26-,27+/m1/s1. The molecule has 4 aliphatic heterocycles. The zero-order valence-electron chi connectivity index (χ0n) is 24.1. The summed E-state index contributed by atoms with van der Waals surface area (Å²) >= 11 is 0. The van der Waals surface area contributed by atoms with Gasteiger partial charge in [-0.25, -0.2) is 0 Å². The molecule has 0 aromatic heterocycles. The summed E-state index contributed by atoms with van der Waals surface area (Å²) in [4.78, 5) is 2.41. The predicted molar refractivity (Wildman–Crippen MR) is 161 cm³/mol. The molecule has 2 atom stereocenters. The van der Waals surface area contributed by atoms with Gasteiger partial charge in [-0.05, 0) is 110 Å². The molecule has 4 aromatic rings. The maximum atomic E-state index is 11.1. The monoisotopic (exact) mass is 562 g/mol. The van der Waals surface area contributed by atoms with Gasteiger partial charge < -0.3 is 29.4 Å².